The van der Waals surface area contributed by atoms with E-state index in [2.05, 4.69) is 5.32 Å². The fraction of sp³-hybridized carbons (Fsp3) is 0. The van der Waals surface area contributed by atoms with Gasteiger partial charge in [0.05, 0.1) is 16.3 Å². The zero-order valence-electron chi connectivity index (χ0n) is 10.4. The van der Waals surface area contributed by atoms with Gasteiger partial charge in [-0.05, 0) is 41.1 Å². The van der Waals surface area contributed by atoms with E-state index in [-0.39, 0.29) is 5.69 Å². The lowest BCUT2D eigenvalue weighted by atomic mass is 10.2. The van der Waals surface area contributed by atoms with Crippen LogP contribution in [0.25, 0.3) is 10.1 Å². The Hall–Kier alpha value is -2.60. The van der Waals surface area contributed by atoms with Gasteiger partial charge in [0.2, 0.25) is 0 Å². The molecular weight excluding hydrogens is 274 g/mol. The number of thiophene rings is 1. The minimum Gasteiger partial charge on any atom is -0.397 e. The number of nitrogens with zero attached hydrogens (tertiary/aromatic N) is 1. The largest absolute Gasteiger partial charge is 0.397 e. The van der Waals surface area contributed by atoms with Crippen molar-refractivity contribution in [2.45, 2.75) is 0 Å². The first-order chi connectivity index (χ1) is 9.63. The van der Waals surface area contributed by atoms with E-state index in [9.17, 15) is 10.1 Å². The van der Waals surface area contributed by atoms with Crippen LogP contribution in [0.4, 0.5) is 22.7 Å². The number of non-ortho nitro benzene ring substituents is 1. The molecular formula is C14H11N3O2S. The van der Waals surface area contributed by atoms with E-state index in [0.29, 0.717) is 11.4 Å². The van der Waals surface area contributed by atoms with Gasteiger partial charge in [-0.2, -0.15) is 0 Å². The van der Waals surface area contributed by atoms with Gasteiger partial charge >= 0.3 is 0 Å². The van der Waals surface area contributed by atoms with Crippen LogP contribution in [0, 0.1) is 10.1 Å². The van der Waals surface area contributed by atoms with Crippen LogP contribution >= 0.6 is 11.3 Å². The predicted molar refractivity (Wildman–Crippen MR) is 82.6 cm³/mol. The van der Waals surface area contributed by atoms with E-state index >= 15 is 0 Å². The summed E-state index contributed by atoms with van der Waals surface area (Å²) in [6.45, 7) is 0. The SMILES string of the molecule is Nc1cc([N+](=O)[O-])ccc1Nc1ccc2sccc2c1. The number of fused-ring (bicyclic) bond motifs is 1. The summed E-state index contributed by atoms with van der Waals surface area (Å²) in [7, 11) is 0. The van der Waals surface area contributed by atoms with Gasteiger partial charge in [-0.3, -0.25) is 10.1 Å². The van der Waals surface area contributed by atoms with Crippen molar-refractivity contribution >= 4 is 44.2 Å². The van der Waals surface area contributed by atoms with Crippen LogP contribution in [-0.2, 0) is 0 Å². The Morgan fingerprint density at radius 3 is 2.75 bits per heavy atom. The number of hydrogen-bond donors (Lipinski definition) is 2. The highest BCUT2D eigenvalue weighted by atomic mass is 32.1. The molecule has 3 N–H and O–H groups in total. The molecule has 0 aliphatic carbocycles. The van der Waals surface area contributed by atoms with Crippen LogP contribution in [-0.4, -0.2) is 4.92 Å². The number of nitro benzene ring substituents is 1. The van der Waals surface area contributed by atoms with Gasteiger partial charge in [-0.15, -0.1) is 11.3 Å². The normalized spacial score (nSPS) is 10.6. The van der Waals surface area contributed by atoms with E-state index in [1.54, 1.807) is 17.4 Å². The number of nitrogens with one attached hydrogen (secondary N) is 1. The summed E-state index contributed by atoms with van der Waals surface area (Å²) in [5, 5.41) is 17.0. The molecule has 0 unspecified atom stereocenters. The molecule has 3 rings (SSSR count). The molecule has 20 heavy (non-hydrogen) atoms. The Morgan fingerprint density at radius 2 is 2.00 bits per heavy atom. The van der Waals surface area contributed by atoms with Crippen molar-refractivity contribution < 1.29 is 4.92 Å². The minimum absolute atomic E-state index is 0.0127. The zero-order valence-corrected chi connectivity index (χ0v) is 11.2. The van der Waals surface area contributed by atoms with Crippen molar-refractivity contribution in [1.29, 1.82) is 0 Å². The molecule has 0 aliphatic rings. The molecule has 0 bridgehead atoms. The lowest BCUT2D eigenvalue weighted by Crippen LogP contribution is -1.97. The Kier molecular flexibility index (Phi) is 3.00. The topological polar surface area (TPSA) is 81.2 Å². The van der Waals surface area contributed by atoms with E-state index < -0.39 is 4.92 Å². The molecule has 5 nitrogen and oxygen atoms in total. The van der Waals surface area contributed by atoms with Crippen molar-refractivity contribution in [3.8, 4) is 0 Å². The quantitative estimate of drug-likeness (QED) is 0.430. The summed E-state index contributed by atoms with van der Waals surface area (Å²) in [5.74, 6) is 0. The maximum Gasteiger partial charge on any atom is 0.271 e. The molecule has 0 atom stereocenters. The second kappa shape index (κ2) is 4.82. The first-order valence-electron chi connectivity index (χ1n) is 5.92. The highest BCUT2D eigenvalue weighted by Gasteiger charge is 2.09. The number of nitrogen functional groups attached to an aromatic ring is 1. The van der Waals surface area contributed by atoms with Crippen LogP contribution in [0.5, 0.6) is 0 Å². The molecule has 0 amide bonds. The van der Waals surface area contributed by atoms with Crippen molar-refractivity contribution in [2.24, 2.45) is 0 Å². The summed E-state index contributed by atoms with van der Waals surface area (Å²) >= 11 is 1.68. The zero-order chi connectivity index (χ0) is 14.1. The van der Waals surface area contributed by atoms with Gasteiger partial charge in [0.15, 0.2) is 0 Å². The summed E-state index contributed by atoms with van der Waals surface area (Å²) < 4.78 is 1.22. The monoisotopic (exact) mass is 285 g/mol. The number of rotatable bonds is 3. The van der Waals surface area contributed by atoms with E-state index in [1.807, 2.05) is 29.6 Å². The molecule has 1 heterocycles. The third-order valence-corrected chi connectivity index (χ3v) is 3.88. The van der Waals surface area contributed by atoms with Gasteiger partial charge < -0.3 is 11.1 Å². The maximum absolute atomic E-state index is 10.7. The lowest BCUT2D eigenvalue weighted by Gasteiger charge is -2.09. The fourth-order valence-corrected chi connectivity index (χ4v) is 2.75. The molecule has 6 heteroatoms. The van der Waals surface area contributed by atoms with Gasteiger partial charge in [0.1, 0.15) is 0 Å². The molecule has 0 radical (unpaired) electrons. The Labute approximate surface area is 118 Å². The number of anilines is 3. The number of hydrogen-bond acceptors (Lipinski definition) is 5. The Bertz CT molecular complexity index is 798. The predicted octanol–water partition coefficient (Wildman–Crippen LogP) is 4.14. The molecule has 100 valence electrons. The molecule has 2 aromatic carbocycles. The van der Waals surface area contributed by atoms with Crippen molar-refractivity contribution in [3.63, 3.8) is 0 Å². The van der Waals surface area contributed by atoms with Crippen molar-refractivity contribution in [3.05, 3.63) is 58.0 Å². The molecule has 0 saturated heterocycles. The number of nitro groups is 1. The molecule has 0 fully saturated rings. The third kappa shape index (κ3) is 2.28. The van der Waals surface area contributed by atoms with Crippen LogP contribution in [0.1, 0.15) is 0 Å². The average Bonchev–Trinajstić information content (AvgIpc) is 2.88. The first-order valence-corrected chi connectivity index (χ1v) is 6.79. The minimum atomic E-state index is -0.461. The van der Waals surface area contributed by atoms with Gasteiger partial charge in [-0.25, -0.2) is 0 Å². The highest BCUT2D eigenvalue weighted by Crippen LogP contribution is 2.29. The first kappa shape index (κ1) is 12.4. The van der Waals surface area contributed by atoms with Gasteiger partial charge in [-0.1, -0.05) is 0 Å². The van der Waals surface area contributed by atoms with E-state index in [0.717, 1.165) is 11.1 Å². The summed E-state index contributed by atoms with van der Waals surface area (Å²) in [4.78, 5) is 10.2. The molecule has 0 aliphatic heterocycles. The smallest absolute Gasteiger partial charge is 0.271 e. The lowest BCUT2D eigenvalue weighted by molar-refractivity contribution is -0.384. The maximum atomic E-state index is 10.7. The third-order valence-electron chi connectivity index (χ3n) is 2.98. The summed E-state index contributed by atoms with van der Waals surface area (Å²) in [6, 6.07) is 12.5. The number of benzene rings is 2. The van der Waals surface area contributed by atoms with Gasteiger partial charge in [0.25, 0.3) is 5.69 Å². The Morgan fingerprint density at radius 1 is 1.15 bits per heavy atom. The Balaban J connectivity index is 1.92. The average molecular weight is 285 g/mol. The van der Waals surface area contributed by atoms with E-state index in [4.69, 9.17) is 5.73 Å². The van der Waals surface area contributed by atoms with Crippen molar-refractivity contribution in [1.82, 2.24) is 0 Å². The molecule has 0 spiro atoms. The summed E-state index contributed by atoms with van der Waals surface area (Å²) in [6.07, 6.45) is 0. The van der Waals surface area contributed by atoms with Crippen molar-refractivity contribution in [2.75, 3.05) is 11.1 Å². The highest BCUT2D eigenvalue weighted by molar-refractivity contribution is 7.17. The van der Waals surface area contributed by atoms with Crippen LogP contribution in [0.15, 0.2) is 47.8 Å². The number of nitrogens with two attached hydrogens (primary N) is 1. The fourth-order valence-electron chi connectivity index (χ4n) is 1.98. The summed E-state index contributed by atoms with van der Waals surface area (Å²) in [5.41, 5.74) is 7.73. The second-order valence-electron chi connectivity index (χ2n) is 4.33. The second-order valence-corrected chi connectivity index (χ2v) is 5.27. The van der Waals surface area contributed by atoms with Crippen LogP contribution in [0.2, 0.25) is 0 Å². The van der Waals surface area contributed by atoms with E-state index in [1.165, 1.54) is 16.8 Å². The van der Waals surface area contributed by atoms with Crippen LogP contribution < -0.4 is 11.1 Å². The molecule has 0 saturated carbocycles. The van der Waals surface area contributed by atoms with Crippen LogP contribution in [0.3, 0.4) is 0 Å². The molecule has 3 aromatic rings. The molecule has 1 aromatic heterocycles. The van der Waals surface area contributed by atoms with Gasteiger partial charge in [0, 0.05) is 22.5 Å². The standard InChI is InChI=1S/C14H11N3O2S/c15-12-8-11(17(18)19)2-3-13(12)16-10-1-4-14-9(7-10)5-6-20-14/h1-8,16H,15H2.